The van der Waals surface area contributed by atoms with Crippen molar-refractivity contribution in [1.82, 2.24) is 4.72 Å². The highest BCUT2D eigenvalue weighted by Gasteiger charge is 2.35. The highest BCUT2D eigenvalue weighted by molar-refractivity contribution is 9.10. The lowest BCUT2D eigenvalue weighted by molar-refractivity contribution is 0.291. The SMILES string of the molecule is CC(C)(C)[S@](=O)N[C@@H]1c2ccc(Br)cc2CC1F. The van der Waals surface area contributed by atoms with Crippen LogP contribution in [-0.2, 0) is 17.4 Å². The first-order valence-corrected chi connectivity index (χ1v) is 7.84. The molecule has 1 N–H and O–H groups in total. The number of rotatable bonds is 2. The van der Waals surface area contributed by atoms with Crippen LogP contribution in [0.3, 0.4) is 0 Å². The summed E-state index contributed by atoms with van der Waals surface area (Å²) in [6, 6.07) is 5.26. The van der Waals surface area contributed by atoms with Crippen LogP contribution in [0.2, 0.25) is 0 Å². The molecule has 0 saturated heterocycles. The molecule has 1 aromatic carbocycles. The Morgan fingerprint density at radius 3 is 2.72 bits per heavy atom. The molecular weight excluding hydrogens is 317 g/mol. The molecule has 5 heteroatoms. The van der Waals surface area contributed by atoms with Crippen LogP contribution in [0.4, 0.5) is 4.39 Å². The van der Waals surface area contributed by atoms with Gasteiger partial charge in [0.1, 0.15) is 6.17 Å². The topological polar surface area (TPSA) is 29.1 Å². The lowest BCUT2D eigenvalue weighted by atomic mass is 10.1. The predicted octanol–water partition coefficient (Wildman–Crippen LogP) is 3.44. The molecule has 1 unspecified atom stereocenters. The Morgan fingerprint density at radius 1 is 1.44 bits per heavy atom. The lowest BCUT2D eigenvalue weighted by Gasteiger charge is -2.23. The summed E-state index contributed by atoms with van der Waals surface area (Å²) in [5.74, 6) is 0. The Morgan fingerprint density at radius 2 is 2.11 bits per heavy atom. The second-order valence-electron chi connectivity index (χ2n) is 5.54. The largest absolute Gasteiger partial charge is 0.245 e. The van der Waals surface area contributed by atoms with E-state index < -0.39 is 27.9 Å². The molecule has 0 aliphatic heterocycles. The summed E-state index contributed by atoms with van der Waals surface area (Å²) in [5, 5.41) is 0. The third kappa shape index (κ3) is 2.83. The molecule has 1 aromatic rings. The first kappa shape index (κ1) is 14.2. The molecule has 0 amide bonds. The summed E-state index contributed by atoms with van der Waals surface area (Å²) in [5.41, 5.74) is 1.91. The van der Waals surface area contributed by atoms with Gasteiger partial charge < -0.3 is 0 Å². The third-order valence-electron chi connectivity index (χ3n) is 3.01. The summed E-state index contributed by atoms with van der Waals surface area (Å²) in [7, 11) is -1.26. The Labute approximate surface area is 118 Å². The second kappa shape index (κ2) is 5.02. The molecule has 0 saturated carbocycles. The van der Waals surface area contributed by atoms with Crippen LogP contribution in [0.25, 0.3) is 0 Å². The molecule has 3 atom stereocenters. The molecule has 0 fully saturated rings. The fourth-order valence-electron chi connectivity index (χ4n) is 2.01. The minimum Gasteiger partial charge on any atom is -0.245 e. The molecule has 0 aromatic heterocycles. The number of hydrogen-bond donors (Lipinski definition) is 1. The van der Waals surface area contributed by atoms with E-state index >= 15 is 0 Å². The fourth-order valence-corrected chi connectivity index (χ4v) is 3.27. The zero-order valence-corrected chi connectivity index (χ0v) is 13.1. The standard InChI is InChI=1S/C13H17BrFNOS/c1-13(2,3)18(17)16-12-10-5-4-9(14)6-8(10)7-11(12)15/h4-6,11-12,16H,7H2,1-3H3/t11?,12-,18+/m1/s1. The average Bonchev–Trinajstić information content (AvgIpc) is 2.53. The van der Waals surface area contributed by atoms with Crippen LogP contribution in [0, 0.1) is 0 Å². The van der Waals surface area contributed by atoms with Crippen LogP contribution < -0.4 is 4.72 Å². The Balaban J connectivity index is 2.24. The van der Waals surface area contributed by atoms with Crippen molar-refractivity contribution in [3.05, 3.63) is 33.8 Å². The van der Waals surface area contributed by atoms with Crippen molar-refractivity contribution < 1.29 is 8.60 Å². The molecule has 0 spiro atoms. The van der Waals surface area contributed by atoms with Gasteiger partial charge in [0.25, 0.3) is 0 Å². The number of hydrogen-bond acceptors (Lipinski definition) is 1. The minimum absolute atomic E-state index is 0.383. The van der Waals surface area contributed by atoms with E-state index in [-0.39, 0.29) is 0 Å². The van der Waals surface area contributed by atoms with Crippen molar-refractivity contribution in [2.24, 2.45) is 0 Å². The maximum absolute atomic E-state index is 14.0. The molecular formula is C13H17BrFNOS. The van der Waals surface area contributed by atoms with E-state index in [0.717, 1.165) is 15.6 Å². The van der Waals surface area contributed by atoms with Gasteiger partial charge >= 0.3 is 0 Å². The zero-order chi connectivity index (χ0) is 13.5. The highest BCUT2D eigenvalue weighted by Crippen LogP contribution is 2.35. The number of benzene rings is 1. The molecule has 1 aliphatic carbocycles. The second-order valence-corrected chi connectivity index (χ2v) is 8.45. The predicted molar refractivity (Wildman–Crippen MR) is 76.5 cm³/mol. The fraction of sp³-hybridized carbons (Fsp3) is 0.538. The van der Waals surface area contributed by atoms with Gasteiger partial charge in [0.15, 0.2) is 0 Å². The maximum atomic E-state index is 14.0. The van der Waals surface area contributed by atoms with Crippen molar-refractivity contribution in [3.8, 4) is 0 Å². The van der Waals surface area contributed by atoms with E-state index in [0.29, 0.717) is 6.42 Å². The lowest BCUT2D eigenvalue weighted by Crippen LogP contribution is -2.37. The van der Waals surface area contributed by atoms with E-state index in [1.807, 2.05) is 39.0 Å². The van der Waals surface area contributed by atoms with Gasteiger partial charge in [-0.25, -0.2) is 13.3 Å². The van der Waals surface area contributed by atoms with Gasteiger partial charge in [-0.2, -0.15) is 0 Å². The van der Waals surface area contributed by atoms with Gasteiger partial charge in [0.05, 0.1) is 21.8 Å². The molecule has 0 radical (unpaired) electrons. The Kier molecular flexibility index (Phi) is 3.95. The van der Waals surface area contributed by atoms with Gasteiger partial charge in [-0.05, 0) is 44.0 Å². The normalized spacial score (nSPS) is 24.9. The molecule has 0 heterocycles. The summed E-state index contributed by atoms with van der Waals surface area (Å²) in [4.78, 5) is 0. The smallest absolute Gasteiger partial charge is 0.124 e. The Bertz CT molecular complexity index is 486. The van der Waals surface area contributed by atoms with E-state index in [4.69, 9.17) is 0 Å². The van der Waals surface area contributed by atoms with Gasteiger partial charge in [-0.1, -0.05) is 22.0 Å². The van der Waals surface area contributed by atoms with E-state index in [9.17, 15) is 8.60 Å². The first-order chi connectivity index (χ1) is 8.29. The van der Waals surface area contributed by atoms with Crippen LogP contribution >= 0.6 is 15.9 Å². The summed E-state index contributed by atoms with van der Waals surface area (Å²) >= 11 is 3.38. The van der Waals surface area contributed by atoms with Crippen molar-refractivity contribution in [3.63, 3.8) is 0 Å². The third-order valence-corrected chi connectivity index (χ3v) is 5.08. The highest BCUT2D eigenvalue weighted by atomic mass is 79.9. The van der Waals surface area contributed by atoms with E-state index in [2.05, 4.69) is 20.7 Å². The Hall–Kier alpha value is -0.260. The molecule has 2 nitrogen and oxygen atoms in total. The van der Waals surface area contributed by atoms with Gasteiger partial charge in [0, 0.05) is 10.9 Å². The van der Waals surface area contributed by atoms with Gasteiger partial charge in [-0.15, -0.1) is 0 Å². The van der Waals surface area contributed by atoms with Crippen molar-refractivity contribution in [2.75, 3.05) is 0 Å². The van der Waals surface area contributed by atoms with Crippen molar-refractivity contribution in [2.45, 2.75) is 44.2 Å². The quantitative estimate of drug-likeness (QED) is 0.882. The molecule has 0 bridgehead atoms. The zero-order valence-electron chi connectivity index (χ0n) is 10.7. The number of halogens is 2. The molecule has 1 aliphatic rings. The van der Waals surface area contributed by atoms with Crippen LogP contribution in [0.1, 0.15) is 37.9 Å². The van der Waals surface area contributed by atoms with Gasteiger partial charge in [-0.3, -0.25) is 0 Å². The molecule has 18 heavy (non-hydrogen) atoms. The number of nitrogens with one attached hydrogen (secondary N) is 1. The van der Waals surface area contributed by atoms with Crippen LogP contribution in [-0.4, -0.2) is 15.1 Å². The first-order valence-electron chi connectivity index (χ1n) is 5.89. The molecule has 2 rings (SSSR count). The van der Waals surface area contributed by atoms with Crippen LogP contribution in [0.5, 0.6) is 0 Å². The van der Waals surface area contributed by atoms with Crippen LogP contribution in [0.15, 0.2) is 22.7 Å². The van der Waals surface area contributed by atoms with Gasteiger partial charge in [0.2, 0.25) is 0 Å². The van der Waals surface area contributed by atoms with Crippen molar-refractivity contribution in [1.29, 1.82) is 0 Å². The summed E-state index contributed by atoms with van der Waals surface area (Å²) in [6.45, 7) is 5.63. The van der Waals surface area contributed by atoms with Crippen molar-refractivity contribution >= 4 is 26.9 Å². The average molecular weight is 334 g/mol. The van der Waals surface area contributed by atoms with E-state index in [1.54, 1.807) is 0 Å². The summed E-state index contributed by atoms with van der Waals surface area (Å²) < 4.78 is 29.6. The minimum atomic E-state index is -1.26. The summed E-state index contributed by atoms with van der Waals surface area (Å²) in [6.07, 6.45) is -0.631. The number of fused-ring (bicyclic) bond motifs is 1. The van der Waals surface area contributed by atoms with E-state index in [1.165, 1.54) is 0 Å². The molecule has 100 valence electrons. The number of alkyl halides is 1. The maximum Gasteiger partial charge on any atom is 0.124 e. The monoisotopic (exact) mass is 333 g/mol.